The van der Waals surface area contributed by atoms with Crippen molar-refractivity contribution in [2.24, 2.45) is 15.2 Å². The van der Waals surface area contributed by atoms with Crippen molar-refractivity contribution in [1.29, 1.82) is 0 Å². The lowest BCUT2D eigenvalue weighted by Gasteiger charge is -2.12. The minimum atomic E-state index is -3.03. The zero-order valence-electron chi connectivity index (χ0n) is 9.70. The molecule has 0 aliphatic heterocycles. The maximum Gasteiger partial charge on any atom is 0.347 e. The van der Waals surface area contributed by atoms with Gasteiger partial charge in [-0.05, 0) is 25.3 Å². The number of hydrogen-bond donors (Lipinski definition) is 2. The maximum absolute atomic E-state index is 11.8. The predicted octanol–water partition coefficient (Wildman–Crippen LogP) is 1.43. The van der Waals surface area contributed by atoms with E-state index >= 15 is 0 Å². The van der Waals surface area contributed by atoms with Gasteiger partial charge in [-0.1, -0.05) is 30.3 Å². The fraction of sp³-hybridized carbons (Fsp3) is 0.364. The van der Waals surface area contributed by atoms with Crippen LogP contribution in [-0.4, -0.2) is 15.5 Å². The molecule has 1 aromatic carbocycles. The number of benzene rings is 1. The summed E-state index contributed by atoms with van der Waals surface area (Å²) in [4.78, 5) is 10.6. The highest BCUT2D eigenvalue weighted by molar-refractivity contribution is 7.92. The molecule has 5 nitrogen and oxygen atoms in total. The van der Waals surface area contributed by atoms with Gasteiger partial charge >= 0.3 is 6.03 Å². The molecule has 0 aromatic heterocycles. The summed E-state index contributed by atoms with van der Waals surface area (Å²) in [6, 6.07) is 8.79. The van der Waals surface area contributed by atoms with E-state index in [2.05, 4.69) is 4.36 Å². The highest BCUT2D eigenvalue weighted by Crippen LogP contribution is 2.10. The van der Waals surface area contributed by atoms with Crippen LogP contribution in [0, 0.1) is 0 Å². The molecular weight excluding hydrogens is 238 g/mol. The van der Waals surface area contributed by atoms with Crippen LogP contribution < -0.4 is 10.9 Å². The largest absolute Gasteiger partial charge is 0.349 e. The Morgan fingerprint density at radius 1 is 1.41 bits per heavy atom. The van der Waals surface area contributed by atoms with E-state index in [9.17, 15) is 9.00 Å². The highest BCUT2D eigenvalue weighted by Gasteiger charge is 2.15. The fourth-order valence-corrected chi connectivity index (χ4v) is 2.33. The lowest BCUT2D eigenvalue weighted by Crippen LogP contribution is -2.28. The summed E-state index contributed by atoms with van der Waals surface area (Å²) in [7, 11) is -3.03. The first kappa shape index (κ1) is 13.7. The first-order valence-corrected chi connectivity index (χ1v) is 6.93. The first-order valence-electron chi connectivity index (χ1n) is 5.29. The Kier molecular flexibility index (Phi) is 4.65. The van der Waals surface area contributed by atoms with Crippen LogP contribution in [0.1, 0.15) is 18.9 Å². The van der Waals surface area contributed by atoms with E-state index in [4.69, 9.17) is 10.9 Å². The van der Waals surface area contributed by atoms with Crippen LogP contribution in [0.15, 0.2) is 34.7 Å². The van der Waals surface area contributed by atoms with Crippen molar-refractivity contribution in [3.05, 3.63) is 35.9 Å². The Bertz CT molecular complexity index is 493. The molecule has 2 unspecified atom stereocenters. The number of urea groups is 1. The number of carbonyl (C=O) groups is 1. The van der Waals surface area contributed by atoms with Gasteiger partial charge in [0.25, 0.3) is 0 Å². The van der Waals surface area contributed by atoms with Gasteiger partial charge in [-0.25, -0.2) is 14.1 Å². The molecule has 0 fully saturated rings. The van der Waals surface area contributed by atoms with Crippen molar-refractivity contribution in [1.82, 2.24) is 0 Å². The average Bonchev–Trinajstić information content (AvgIpc) is 2.25. The molecule has 4 N–H and O–H groups in total. The summed E-state index contributed by atoms with van der Waals surface area (Å²) in [5.74, 6) is 0. The van der Waals surface area contributed by atoms with Crippen LogP contribution >= 0.6 is 0 Å². The van der Waals surface area contributed by atoms with Gasteiger partial charge in [-0.2, -0.15) is 0 Å². The first-order chi connectivity index (χ1) is 7.92. The molecule has 2 atom stereocenters. The summed E-state index contributed by atoms with van der Waals surface area (Å²) in [6.45, 7) is 1.71. The molecule has 0 aliphatic rings. The number of aryl methyl sites for hydroxylation is 1. The zero-order chi connectivity index (χ0) is 12.9. The molecule has 17 heavy (non-hydrogen) atoms. The molecule has 6 heteroatoms. The van der Waals surface area contributed by atoms with E-state index in [1.165, 1.54) is 0 Å². The lowest BCUT2D eigenvalue weighted by molar-refractivity contribution is 0.257. The van der Waals surface area contributed by atoms with E-state index in [1.54, 1.807) is 6.92 Å². The maximum atomic E-state index is 11.8. The molecule has 1 rings (SSSR count). The van der Waals surface area contributed by atoms with Crippen LogP contribution in [0.5, 0.6) is 0 Å². The predicted molar refractivity (Wildman–Crippen MR) is 68.6 cm³/mol. The minimum absolute atomic E-state index is 0.379. The Morgan fingerprint density at radius 2 is 2.00 bits per heavy atom. The summed E-state index contributed by atoms with van der Waals surface area (Å²) in [6.07, 6.45) is 1.33. The lowest BCUT2D eigenvalue weighted by atomic mass is 10.1. The molecule has 0 saturated carbocycles. The number of carbonyl (C=O) groups excluding carboxylic acids is 1. The molecule has 1 aromatic rings. The number of nitrogens with zero attached hydrogens (tertiary/aromatic N) is 1. The van der Waals surface area contributed by atoms with E-state index < -0.39 is 15.9 Å². The van der Waals surface area contributed by atoms with Crippen LogP contribution in [0.4, 0.5) is 4.79 Å². The van der Waals surface area contributed by atoms with Gasteiger partial charge in [-0.3, -0.25) is 0 Å². The fourth-order valence-electron chi connectivity index (χ4n) is 1.41. The van der Waals surface area contributed by atoms with E-state index in [1.807, 2.05) is 30.3 Å². The minimum Gasteiger partial charge on any atom is -0.349 e. The quantitative estimate of drug-likeness (QED) is 0.850. The summed E-state index contributed by atoms with van der Waals surface area (Å²) in [5, 5.41) is 5.11. The smallest absolute Gasteiger partial charge is 0.347 e. The molecule has 0 saturated heterocycles. The van der Waals surface area contributed by atoms with Gasteiger partial charge in [0.2, 0.25) is 0 Å². The molecule has 0 heterocycles. The van der Waals surface area contributed by atoms with Crippen LogP contribution in [0.25, 0.3) is 0 Å². The van der Waals surface area contributed by atoms with E-state index in [0.717, 1.165) is 12.0 Å². The van der Waals surface area contributed by atoms with Crippen molar-refractivity contribution in [3.63, 3.8) is 0 Å². The highest BCUT2D eigenvalue weighted by atomic mass is 32.2. The SMILES string of the molecule is CC(CCc1ccccc1)S(N)(=O)=NC(N)=O. The average molecular weight is 255 g/mol. The van der Waals surface area contributed by atoms with Gasteiger partial charge in [0, 0.05) is 0 Å². The van der Waals surface area contributed by atoms with Gasteiger partial charge in [0.15, 0.2) is 0 Å². The second kappa shape index (κ2) is 5.79. The summed E-state index contributed by atoms with van der Waals surface area (Å²) >= 11 is 0. The zero-order valence-corrected chi connectivity index (χ0v) is 10.5. The standard InChI is InChI=1S/C11H17N3O2S/c1-9(17(13,16)14-11(12)15)7-8-10-5-3-2-4-6-10/h2-6,9H,7-8H2,1H3,(H4,12,13,14,15,16). The second-order valence-electron chi connectivity index (χ2n) is 3.88. The Morgan fingerprint density at radius 3 is 2.53 bits per heavy atom. The van der Waals surface area contributed by atoms with Crippen molar-refractivity contribution >= 4 is 15.9 Å². The molecular formula is C11H17N3O2S. The van der Waals surface area contributed by atoms with E-state index in [0.29, 0.717) is 6.42 Å². The van der Waals surface area contributed by atoms with Crippen LogP contribution in [-0.2, 0) is 16.3 Å². The van der Waals surface area contributed by atoms with Crippen LogP contribution in [0.3, 0.4) is 0 Å². The van der Waals surface area contributed by atoms with Crippen molar-refractivity contribution < 1.29 is 9.00 Å². The third kappa shape index (κ3) is 4.54. The molecule has 0 spiro atoms. The Balaban J connectivity index is 2.65. The number of amides is 2. The number of rotatable bonds is 4. The number of nitrogens with two attached hydrogens (primary N) is 2. The molecule has 2 amide bonds. The molecule has 94 valence electrons. The molecule has 0 bridgehead atoms. The number of primary amides is 1. The van der Waals surface area contributed by atoms with E-state index in [-0.39, 0.29) is 5.25 Å². The molecule has 0 radical (unpaired) electrons. The second-order valence-corrected chi connectivity index (χ2v) is 6.09. The van der Waals surface area contributed by atoms with Crippen molar-refractivity contribution in [2.45, 2.75) is 25.0 Å². The summed E-state index contributed by atoms with van der Waals surface area (Å²) < 4.78 is 15.1. The third-order valence-electron chi connectivity index (χ3n) is 2.49. The van der Waals surface area contributed by atoms with Gasteiger partial charge in [0.1, 0.15) is 9.92 Å². The van der Waals surface area contributed by atoms with Gasteiger partial charge < -0.3 is 5.73 Å². The monoisotopic (exact) mass is 255 g/mol. The van der Waals surface area contributed by atoms with Gasteiger partial charge in [0.05, 0.1) is 5.25 Å². The van der Waals surface area contributed by atoms with Gasteiger partial charge in [-0.15, -0.1) is 4.36 Å². The van der Waals surface area contributed by atoms with Crippen molar-refractivity contribution in [3.8, 4) is 0 Å². The van der Waals surface area contributed by atoms with Crippen molar-refractivity contribution in [2.75, 3.05) is 0 Å². The van der Waals surface area contributed by atoms with Crippen LogP contribution in [0.2, 0.25) is 0 Å². The molecule has 0 aliphatic carbocycles. The normalized spacial score (nSPS) is 15.9. The third-order valence-corrected chi connectivity index (χ3v) is 4.35. The number of hydrogen-bond acceptors (Lipinski definition) is 2. The summed E-state index contributed by atoms with van der Waals surface area (Å²) in [5.41, 5.74) is 5.99. The Hall–Kier alpha value is -1.40. The Labute approximate surface area is 102 Å². The topological polar surface area (TPSA) is 98.5 Å².